The first kappa shape index (κ1) is 14.2. The molecule has 1 atom stereocenters. The molecule has 0 aliphatic carbocycles. The predicted molar refractivity (Wildman–Crippen MR) is 49.8 cm³/mol. The van der Waals surface area contributed by atoms with Crippen molar-refractivity contribution in [1.82, 2.24) is 0 Å². The Kier molecular flexibility index (Phi) is 5.65. The number of carboxylic acids is 1. The van der Waals surface area contributed by atoms with E-state index in [4.69, 9.17) is 5.11 Å². The Balaban J connectivity index is 4.01. The van der Waals surface area contributed by atoms with Gasteiger partial charge in [0.15, 0.2) is 0 Å². The maximum Gasteiger partial charge on any atom is 0.330 e. The average molecular weight is 257 g/mol. The molecule has 0 rings (SSSR count). The van der Waals surface area contributed by atoms with Crippen molar-refractivity contribution in [3.05, 3.63) is 12.2 Å². The lowest BCUT2D eigenvalue weighted by molar-refractivity contribution is -0.132. The van der Waals surface area contributed by atoms with Crippen LogP contribution in [0.25, 0.3) is 0 Å². The molecule has 0 amide bonds. The molecule has 0 heterocycles. The molecular formula is C6H9O7S2-. The summed E-state index contributed by atoms with van der Waals surface area (Å²) < 4.78 is 45.0. The van der Waals surface area contributed by atoms with Crippen LogP contribution in [0.4, 0.5) is 0 Å². The van der Waals surface area contributed by atoms with Gasteiger partial charge in [0.2, 0.25) is 0 Å². The van der Waals surface area contributed by atoms with Gasteiger partial charge in [-0.05, 0) is 12.8 Å². The van der Waals surface area contributed by atoms with Gasteiger partial charge in [-0.2, -0.15) is 12.0 Å². The van der Waals surface area contributed by atoms with Crippen LogP contribution < -0.4 is 0 Å². The third-order valence-corrected chi connectivity index (χ3v) is 3.40. The zero-order valence-electron chi connectivity index (χ0n) is 7.54. The second-order valence-electron chi connectivity index (χ2n) is 2.55. The lowest BCUT2D eigenvalue weighted by Gasteiger charge is -2.06. The Morgan fingerprint density at radius 3 is 2.47 bits per heavy atom. The van der Waals surface area contributed by atoms with Gasteiger partial charge in [-0.1, -0.05) is 6.58 Å². The van der Waals surface area contributed by atoms with Gasteiger partial charge in [-0.25, -0.2) is 9.00 Å². The molecule has 0 fully saturated rings. The minimum Gasteiger partial charge on any atom is -0.749 e. The zero-order chi connectivity index (χ0) is 12.1. The van der Waals surface area contributed by atoms with Crippen molar-refractivity contribution in [3.8, 4) is 0 Å². The summed E-state index contributed by atoms with van der Waals surface area (Å²) in [5, 5.41) is 8.38. The van der Waals surface area contributed by atoms with Crippen molar-refractivity contribution in [1.29, 1.82) is 0 Å². The highest BCUT2D eigenvalue weighted by atomic mass is 32.3. The molecule has 0 aliphatic heterocycles. The van der Waals surface area contributed by atoms with Crippen molar-refractivity contribution < 1.29 is 30.7 Å². The van der Waals surface area contributed by atoms with E-state index in [9.17, 15) is 22.0 Å². The lowest BCUT2D eigenvalue weighted by Crippen LogP contribution is -2.12. The van der Waals surface area contributed by atoms with Crippen molar-refractivity contribution in [3.63, 3.8) is 0 Å². The first-order valence-electron chi connectivity index (χ1n) is 3.67. The Hall–Kier alpha value is -0.770. The van der Waals surface area contributed by atoms with Crippen LogP contribution in [0.5, 0.6) is 0 Å². The second-order valence-corrected chi connectivity index (χ2v) is 5.02. The van der Waals surface area contributed by atoms with E-state index < -0.39 is 33.2 Å². The van der Waals surface area contributed by atoms with Gasteiger partial charge in [0, 0.05) is 5.57 Å². The summed E-state index contributed by atoms with van der Waals surface area (Å²) in [4.78, 5) is 10.3. The van der Waals surface area contributed by atoms with E-state index >= 15 is 0 Å². The van der Waals surface area contributed by atoms with Crippen LogP contribution in [0.1, 0.15) is 12.8 Å². The minimum atomic E-state index is -4.15. The average Bonchev–Trinajstić information content (AvgIpc) is 2.00. The summed E-state index contributed by atoms with van der Waals surface area (Å²) in [6.45, 7) is 3.18. The number of rotatable bonds is 7. The molecule has 0 radical (unpaired) electrons. The van der Waals surface area contributed by atoms with Gasteiger partial charge < -0.3 is 9.66 Å². The minimum absolute atomic E-state index is 0.0522. The summed E-state index contributed by atoms with van der Waals surface area (Å²) in [6.07, 6.45) is -0.117. The second kappa shape index (κ2) is 5.95. The van der Waals surface area contributed by atoms with E-state index in [-0.39, 0.29) is 18.4 Å². The Morgan fingerprint density at radius 2 is 2.07 bits per heavy atom. The van der Waals surface area contributed by atoms with Crippen LogP contribution in [0.2, 0.25) is 0 Å². The smallest absolute Gasteiger partial charge is 0.330 e. The molecule has 0 aromatic rings. The van der Waals surface area contributed by atoms with E-state index in [0.29, 0.717) is 0 Å². The first-order valence-corrected chi connectivity index (χ1v) is 6.25. The van der Waals surface area contributed by atoms with Gasteiger partial charge in [-0.3, -0.25) is 0 Å². The van der Waals surface area contributed by atoms with Crippen molar-refractivity contribution in [2.45, 2.75) is 12.8 Å². The van der Waals surface area contributed by atoms with Crippen LogP contribution >= 0.6 is 0 Å². The molecule has 0 spiro atoms. The molecule has 0 aromatic carbocycles. The van der Waals surface area contributed by atoms with E-state index in [1.54, 1.807) is 0 Å². The number of hydrogen-bond acceptors (Lipinski definition) is 6. The normalized spacial score (nSPS) is 13.4. The molecule has 0 aliphatic rings. The van der Waals surface area contributed by atoms with Crippen LogP contribution in [0.3, 0.4) is 0 Å². The number of hydrogen-bond donors (Lipinski definition) is 1. The van der Waals surface area contributed by atoms with Crippen LogP contribution in [0.15, 0.2) is 12.2 Å². The summed E-state index contributed by atoms with van der Waals surface area (Å²) >= 11 is -3.13. The highest BCUT2D eigenvalue weighted by Crippen LogP contribution is 2.06. The SMILES string of the molecule is C=C(CCCS(=O)(=O)OS(=O)[O-])C(=O)O. The van der Waals surface area contributed by atoms with Gasteiger partial charge in [0.25, 0.3) is 10.1 Å². The van der Waals surface area contributed by atoms with E-state index in [0.717, 1.165) is 0 Å². The highest BCUT2D eigenvalue weighted by molar-refractivity contribution is 7.95. The molecule has 15 heavy (non-hydrogen) atoms. The standard InChI is InChI=1S/C6H10O7S2/c1-5(6(7)8)3-2-4-15(11,12)13-14(9)10/h1-4H2,(H,7,8)(H,9,10)/p-1. The number of carbonyl (C=O) groups is 1. The molecule has 1 unspecified atom stereocenters. The van der Waals surface area contributed by atoms with Crippen molar-refractivity contribution >= 4 is 27.4 Å². The molecule has 9 heteroatoms. The van der Waals surface area contributed by atoms with E-state index in [1.165, 1.54) is 0 Å². The van der Waals surface area contributed by atoms with Crippen LogP contribution in [-0.4, -0.2) is 34.0 Å². The Bertz CT molecular complexity index is 369. The largest absolute Gasteiger partial charge is 0.749 e. The number of carboxylic acid groups (broad SMARTS) is 1. The van der Waals surface area contributed by atoms with Crippen molar-refractivity contribution in [2.24, 2.45) is 0 Å². The topological polar surface area (TPSA) is 121 Å². The van der Waals surface area contributed by atoms with E-state index in [1.807, 2.05) is 0 Å². The lowest BCUT2D eigenvalue weighted by atomic mass is 10.2. The van der Waals surface area contributed by atoms with E-state index in [2.05, 4.69) is 10.2 Å². The molecule has 88 valence electrons. The fraction of sp³-hybridized carbons (Fsp3) is 0.500. The fourth-order valence-electron chi connectivity index (χ4n) is 0.688. The van der Waals surface area contributed by atoms with Crippen molar-refractivity contribution in [2.75, 3.05) is 5.75 Å². The first-order chi connectivity index (χ1) is 6.74. The Labute approximate surface area is 89.4 Å². The molecule has 0 aromatic heterocycles. The molecular weight excluding hydrogens is 248 g/mol. The maximum atomic E-state index is 10.8. The van der Waals surface area contributed by atoms with Gasteiger partial charge in [-0.15, -0.1) is 0 Å². The molecule has 0 saturated carbocycles. The summed E-state index contributed by atoms with van der Waals surface area (Å²) in [6, 6.07) is 0. The molecule has 7 nitrogen and oxygen atoms in total. The van der Waals surface area contributed by atoms with Gasteiger partial charge in [0.05, 0.1) is 5.75 Å². The van der Waals surface area contributed by atoms with Gasteiger partial charge in [0.1, 0.15) is 11.4 Å². The monoisotopic (exact) mass is 257 g/mol. The third kappa shape index (κ3) is 7.19. The summed E-state index contributed by atoms with van der Waals surface area (Å²) in [5.74, 6) is -1.80. The molecule has 0 saturated heterocycles. The molecule has 1 N–H and O–H groups in total. The molecule has 0 bridgehead atoms. The van der Waals surface area contributed by atoms with Gasteiger partial charge >= 0.3 is 5.97 Å². The predicted octanol–water partition coefficient (Wildman–Crippen LogP) is -0.452. The number of aliphatic carboxylic acids is 1. The highest BCUT2D eigenvalue weighted by Gasteiger charge is 2.13. The fourth-order valence-corrected chi connectivity index (χ4v) is 2.14. The summed E-state index contributed by atoms with van der Waals surface area (Å²) in [7, 11) is -4.15. The maximum absolute atomic E-state index is 10.8. The van der Waals surface area contributed by atoms with Crippen LogP contribution in [0, 0.1) is 0 Å². The quantitative estimate of drug-likeness (QED) is 0.484. The zero-order valence-corrected chi connectivity index (χ0v) is 9.17. The third-order valence-electron chi connectivity index (χ3n) is 1.33. The summed E-state index contributed by atoms with van der Waals surface area (Å²) in [5.41, 5.74) is -0.145. The van der Waals surface area contributed by atoms with Crippen LogP contribution in [-0.2, 0) is 29.9 Å². The Morgan fingerprint density at radius 1 is 1.53 bits per heavy atom.